The number of ether oxygens (including phenoxy) is 1. The molecular formula is C12H22N2O2. The van der Waals surface area contributed by atoms with E-state index in [9.17, 15) is 4.79 Å². The maximum atomic E-state index is 11.9. The summed E-state index contributed by atoms with van der Waals surface area (Å²) in [7, 11) is 0. The molecule has 0 aromatic rings. The summed E-state index contributed by atoms with van der Waals surface area (Å²) in [6, 6.07) is 0.274. The van der Waals surface area contributed by atoms with Crippen LogP contribution in [0.3, 0.4) is 0 Å². The summed E-state index contributed by atoms with van der Waals surface area (Å²) in [4.78, 5) is 11.9. The lowest BCUT2D eigenvalue weighted by Crippen LogP contribution is -2.50. The Kier molecular flexibility index (Phi) is 3.82. The Hall–Kier alpha value is -0.610. The molecule has 4 unspecified atom stereocenters. The highest BCUT2D eigenvalue weighted by Gasteiger charge is 2.30. The number of nitrogens with one attached hydrogen (secondary N) is 2. The highest BCUT2D eigenvalue weighted by molar-refractivity contribution is 5.81. The van der Waals surface area contributed by atoms with Crippen LogP contribution in [0.1, 0.15) is 33.1 Å². The van der Waals surface area contributed by atoms with Crippen LogP contribution in [0.15, 0.2) is 0 Å². The second kappa shape index (κ2) is 5.15. The fraction of sp³-hybridized carbons (Fsp3) is 0.917. The van der Waals surface area contributed by atoms with Crippen molar-refractivity contribution in [3.8, 4) is 0 Å². The molecule has 0 spiro atoms. The van der Waals surface area contributed by atoms with Gasteiger partial charge in [0.2, 0.25) is 5.91 Å². The number of carbonyl (C=O) groups excluding carboxylic acids is 1. The van der Waals surface area contributed by atoms with Gasteiger partial charge in [-0.05, 0) is 38.6 Å². The number of hydrogen-bond donors (Lipinski definition) is 2. The molecule has 0 aromatic carbocycles. The first-order valence-corrected chi connectivity index (χ1v) is 6.31. The van der Waals surface area contributed by atoms with Gasteiger partial charge < -0.3 is 15.4 Å². The lowest BCUT2D eigenvalue weighted by atomic mass is 9.97. The third-order valence-corrected chi connectivity index (χ3v) is 3.44. The number of hydrogen-bond acceptors (Lipinski definition) is 3. The standard InChI is InChI=1S/C12H22N2O2/c1-8-5-10(7-13-6-8)14-12(15)11-4-3-9(2)16-11/h8-11,13H,3-7H2,1-2H3,(H,14,15). The van der Waals surface area contributed by atoms with Crippen LogP contribution in [0.4, 0.5) is 0 Å². The highest BCUT2D eigenvalue weighted by Crippen LogP contribution is 2.19. The molecule has 2 heterocycles. The van der Waals surface area contributed by atoms with E-state index in [4.69, 9.17) is 4.74 Å². The molecule has 92 valence electrons. The molecule has 2 rings (SSSR count). The topological polar surface area (TPSA) is 50.4 Å². The Bertz CT molecular complexity index is 257. The van der Waals surface area contributed by atoms with Crippen LogP contribution < -0.4 is 10.6 Å². The zero-order valence-electron chi connectivity index (χ0n) is 10.2. The number of rotatable bonds is 2. The zero-order chi connectivity index (χ0) is 11.5. The lowest BCUT2D eigenvalue weighted by Gasteiger charge is -2.29. The fourth-order valence-electron chi connectivity index (χ4n) is 2.56. The lowest BCUT2D eigenvalue weighted by molar-refractivity contribution is -0.132. The third-order valence-electron chi connectivity index (χ3n) is 3.44. The second-order valence-electron chi connectivity index (χ2n) is 5.22. The van der Waals surface area contributed by atoms with Crippen molar-refractivity contribution < 1.29 is 9.53 Å². The van der Waals surface area contributed by atoms with Crippen LogP contribution in [0.25, 0.3) is 0 Å². The average molecular weight is 226 g/mol. The molecule has 2 aliphatic rings. The van der Waals surface area contributed by atoms with Gasteiger partial charge in [0.05, 0.1) is 6.10 Å². The Balaban J connectivity index is 1.78. The molecule has 4 nitrogen and oxygen atoms in total. The summed E-state index contributed by atoms with van der Waals surface area (Å²) in [6.07, 6.45) is 2.95. The van der Waals surface area contributed by atoms with E-state index in [1.807, 2.05) is 6.92 Å². The number of carbonyl (C=O) groups is 1. The molecule has 2 fully saturated rings. The van der Waals surface area contributed by atoms with E-state index in [0.717, 1.165) is 32.4 Å². The van der Waals surface area contributed by atoms with Gasteiger partial charge in [0, 0.05) is 12.6 Å². The van der Waals surface area contributed by atoms with Crippen molar-refractivity contribution in [1.82, 2.24) is 10.6 Å². The molecule has 0 radical (unpaired) electrons. The van der Waals surface area contributed by atoms with E-state index in [1.54, 1.807) is 0 Å². The smallest absolute Gasteiger partial charge is 0.249 e. The van der Waals surface area contributed by atoms with E-state index < -0.39 is 0 Å². The van der Waals surface area contributed by atoms with Gasteiger partial charge in [-0.1, -0.05) is 6.92 Å². The van der Waals surface area contributed by atoms with Gasteiger partial charge >= 0.3 is 0 Å². The molecule has 4 atom stereocenters. The van der Waals surface area contributed by atoms with Crippen LogP contribution in [0, 0.1) is 5.92 Å². The summed E-state index contributed by atoms with van der Waals surface area (Å²) >= 11 is 0. The predicted molar refractivity (Wildman–Crippen MR) is 62.2 cm³/mol. The van der Waals surface area contributed by atoms with Crippen LogP contribution in [-0.4, -0.2) is 37.2 Å². The van der Waals surface area contributed by atoms with Crippen LogP contribution in [-0.2, 0) is 9.53 Å². The van der Waals surface area contributed by atoms with E-state index in [2.05, 4.69) is 17.6 Å². The van der Waals surface area contributed by atoms with Crippen LogP contribution >= 0.6 is 0 Å². The van der Waals surface area contributed by atoms with Crippen LogP contribution in [0.2, 0.25) is 0 Å². The number of amides is 1. The van der Waals surface area contributed by atoms with Crippen molar-refractivity contribution in [2.24, 2.45) is 5.92 Å². The van der Waals surface area contributed by atoms with Crippen LogP contribution in [0.5, 0.6) is 0 Å². The van der Waals surface area contributed by atoms with Gasteiger partial charge in [0.1, 0.15) is 6.10 Å². The van der Waals surface area contributed by atoms with E-state index in [-0.39, 0.29) is 24.2 Å². The van der Waals surface area contributed by atoms with Crippen molar-refractivity contribution >= 4 is 5.91 Å². The molecule has 2 aliphatic heterocycles. The van der Waals surface area contributed by atoms with Gasteiger partial charge in [0.25, 0.3) is 0 Å². The summed E-state index contributed by atoms with van der Waals surface area (Å²) in [5, 5.41) is 6.42. The zero-order valence-corrected chi connectivity index (χ0v) is 10.2. The molecule has 0 saturated carbocycles. The Morgan fingerprint density at radius 1 is 1.31 bits per heavy atom. The second-order valence-corrected chi connectivity index (χ2v) is 5.22. The maximum Gasteiger partial charge on any atom is 0.249 e. The molecule has 1 amide bonds. The first-order valence-electron chi connectivity index (χ1n) is 6.31. The molecule has 4 heteroatoms. The minimum Gasteiger partial charge on any atom is -0.365 e. The van der Waals surface area contributed by atoms with Crippen molar-refractivity contribution in [2.45, 2.75) is 51.4 Å². The molecule has 2 saturated heterocycles. The normalized spacial score (nSPS) is 39.6. The van der Waals surface area contributed by atoms with Gasteiger partial charge in [-0.3, -0.25) is 4.79 Å². The third kappa shape index (κ3) is 2.95. The van der Waals surface area contributed by atoms with Crippen molar-refractivity contribution in [3.63, 3.8) is 0 Å². The quantitative estimate of drug-likeness (QED) is 0.727. The molecule has 16 heavy (non-hydrogen) atoms. The van der Waals surface area contributed by atoms with Crippen molar-refractivity contribution in [3.05, 3.63) is 0 Å². The summed E-state index contributed by atoms with van der Waals surface area (Å²) in [5.74, 6) is 0.715. The Morgan fingerprint density at radius 2 is 2.12 bits per heavy atom. The Labute approximate surface area is 97.1 Å². The number of piperidine rings is 1. The van der Waals surface area contributed by atoms with E-state index in [0.29, 0.717) is 5.92 Å². The van der Waals surface area contributed by atoms with Gasteiger partial charge in [-0.25, -0.2) is 0 Å². The summed E-state index contributed by atoms with van der Waals surface area (Å²) in [5.41, 5.74) is 0. The minimum absolute atomic E-state index is 0.0743. The molecule has 0 bridgehead atoms. The van der Waals surface area contributed by atoms with Gasteiger partial charge in [-0.15, -0.1) is 0 Å². The highest BCUT2D eigenvalue weighted by atomic mass is 16.5. The molecule has 0 aliphatic carbocycles. The average Bonchev–Trinajstić information content (AvgIpc) is 2.65. The van der Waals surface area contributed by atoms with Crippen molar-refractivity contribution in [1.29, 1.82) is 0 Å². The Morgan fingerprint density at radius 3 is 2.75 bits per heavy atom. The van der Waals surface area contributed by atoms with E-state index in [1.165, 1.54) is 0 Å². The largest absolute Gasteiger partial charge is 0.365 e. The SMILES string of the molecule is CC1CNCC(NC(=O)C2CCC(C)O2)C1. The molecular weight excluding hydrogens is 204 g/mol. The van der Waals surface area contributed by atoms with Gasteiger partial charge in [-0.2, -0.15) is 0 Å². The molecule has 0 aromatic heterocycles. The maximum absolute atomic E-state index is 11.9. The molecule has 2 N–H and O–H groups in total. The van der Waals surface area contributed by atoms with Crippen molar-refractivity contribution in [2.75, 3.05) is 13.1 Å². The van der Waals surface area contributed by atoms with Gasteiger partial charge in [0.15, 0.2) is 0 Å². The monoisotopic (exact) mass is 226 g/mol. The fourth-order valence-corrected chi connectivity index (χ4v) is 2.56. The summed E-state index contributed by atoms with van der Waals surface area (Å²) < 4.78 is 5.56. The summed E-state index contributed by atoms with van der Waals surface area (Å²) in [6.45, 7) is 6.18. The first kappa shape index (κ1) is 11.9. The minimum atomic E-state index is -0.216. The van der Waals surface area contributed by atoms with E-state index >= 15 is 0 Å². The first-order chi connectivity index (χ1) is 7.65. The predicted octanol–water partition coefficient (Wildman–Crippen LogP) is 0.668.